The Bertz CT molecular complexity index is 350. The van der Waals surface area contributed by atoms with Gasteiger partial charge in [0.05, 0.1) is 24.8 Å². The van der Waals surface area contributed by atoms with E-state index in [9.17, 15) is 5.11 Å². The van der Waals surface area contributed by atoms with E-state index in [1.165, 1.54) is 0 Å². The molecule has 3 nitrogen and oxygen atoms in total. The average Bonchev–Trinajstić information content (AvgIpc) is 2.25. The second kappa shape index (κ2) is 6.11. The molecule has 0 saturated carbocycles. The number of aliphatic hydroxyl groups is 1. The van der Waals surface area contributed by atoms with Crippen molar-refractivity contribution >= 4 is 15.9 Å². The molecule has 0 aliphatic carbocycles. The highest BCUT2D eigenvalue weighted by Crippen LogP contribution is 2.36. The standard InChI is InChI=1S/C12H17BrO3/c1-8(14)4-5-9-6-10(13)12(16-3)11(7-9)15-2/h6-8,14H,4-5H2,1-3H3/t8-/m0/s1. The third-order valence-electron chi connectivity index (χ3n) is 2.34. The Labute approximate surface area is 105 Å². The maximum absolute atomic E-state index is 9.24. The lowest BCUT2D eigenvalue weighted by Gasteiger charge is -2.12. The Morgan fingerprint density at radius 3 is 2.50 bits per heavy atom. The lowest BCUT2D eigenvalue weighted by molar-refractivity contribution is 0.185. The molecular formula is C12H17BrO3. The molecule has 0 saturated heterocycles. The molecular weight excluding hydrogens is 272 g/mol. The van der Waals surface area contributed by atoms with Gasteiger partial charge in [0.15, 0.2) is 11.5 Å². The molecule has 1 aromatic carbocycles. The number of benzene rings is 1. The highest BCUT2D eigenvalue weighted by Gasteiger charge is 2.10. The fraction of sp³-hybridized carbons (Fsp3) is 0.500. The molecule has 1 rings (SSSR count). The topological polar surface area (TPSA) is 38.7 Å². The second-order valence-corrected chi connectivity index (χ2v) is 4.56. The molecule has 0 radical (unpaired) electrons. The third-order valence-corrected chi connectivity index (χ3v) is 2.93. The van der Waals surface area contributed by atoms with E-state index in [4.69, 9.17) is 9.47 Å². The van der Waals surface area contributed by atoms with Gasteiger partial charge in [0, 0.05) is 0 Å². The van der Waals surface area contributed by atoms with Crippen LogP contribution in [0.25, 0.3) is 0 Å². The van der Waals surface area contributed by atoms with Crippen molar-refractivity contribution in [3.05, 3.63) is 22.2 Å². The van der Waals surface area contributed by atoms with E-state index in [0.29, 0.717) is 11.5 Å². The van der Waals surface area contributed by atoms with Crippen molar-refractivity contribution in [2.75, 3.05) is 14.2 Å². The van der Waals surface area contributed by atoms with Crippen LogP contribution in [0.4, 0.5) is 0 Å². The van der Waals surface area contributed by atoms with Gasteiger partial charge in [0.2, 0.25) is 0 Å². The van der Waals surface area contributed by atoms with Crippen LogP contribution in [0, 0.1) is 0 Å². The molecule has 0 aliphatic heterocycles. The van der Waals surface area contributed by atoms with Crippen molar-refractivity contribution in [2.24, 2.45) is 0 Å². The van der Waals surface area contributed by atoms with E-state index in [1.807, 2.05) is 12.1 Å². The number of rotatable bonds is 5. The Morgan fingerprint density at radius 1 is 1.31 bits per heavy atom. The van der Waals surface area contributed by atoms with Crippen LogP contribution in [0.3, 0.4) is 0 Å². The molecule has 1 aromatic rings. The molecule has 90 valence electrons. The minimum Gasteiger partial charge on any atom is -0.493 e. The quantitative estimate of drug-likeness (QED) is 0.906. The Balaban J connectivity index is 2.92. The summed E-state index contributed by atoms with van der Waals surface area (Å²) < 4.78 is 11.3. The predicted octanol–water partition coefficient (Wildman–Crippen LogP) is 2.78. The highest BCUT2D eigenvalue weighted by atomic mass is 79.9. The zero-order valence-corrected chi connectivity index (χ0v) is 11.4. The van der Waals surface area contributed by atoms with E-state index in [-0.39, 0.29) is 6.10 Å². The van der Waals surface area contributed by atoms with Gasteiger partial charge in [0.25, 0.3) is 0 Å². The van der Waals surface area contributed by atoms with E-state index in [1.54, 1.807) is 21.1 Å². The fourth-order valence-corrected chi connectivity index (χ4v) is 2.14. The molecule has 1 atom stereocenters. The lowest BCUT2D eigenvalue weighted by atomic mass is 10.1. The van der Waals surface area contributed by atoms with Crippen molar-refractivity contribution < 1.29 is 14.6 Å². The van der Waals surface area contributed by atoms with Crippen LogP contribution in [0.1, 0.15) is 18.9 Å². The number of hydrogen-bond donors (Lipinski definition) is 1. The molecule has 0 fully saturated rings. The van der Waals surface area contributed by atoms with E-state index in [0.717, 1.165) is 22.9 Å². The van der Waals surface area contributed by atoms with Gasteiger partial charge in [-0.2, -0.15) is 0 Å². The molecule has 0 spiro atoms. The van der Waals surface area contributed by atoms with E-state index in [2.05, 4.69) is 15.9 Å². The van der Waals surface area contributed by atoms with Gasteiger partial charge in [-0.3, -0.25) is 0 Å². The Hall–Kier alpha value is -0.740. The molecule has 0 amide bonds. The first-order valence-electron chi connectivity index (χ1n) is 5.17. The minimum atomic E-state index is -0.285. The first kappa shape index (κ1) is 13.3. The monoisotopic (exact) mass is 288 g/mol. The number of aryl methyl sites for hydroxylation is 1. The van der Waals surface area contributed by atoms with Gasteiger partial charge in [-0.15, -0.1) is 0 Å². The van der Waals surface area contributed by atoms with Crippen LogP contribution in [0.2, 0.25) is 0 Å². The average molecular weight is 289 g/mol. The van der Waals surface area contributed by atoms with Crippen molar-refractivity contribution in [3.8, 4) is 11.5 Å². The van der Waals surface area contributed by atoms with Gasteiger partial charge >= 0.3 is 0 Å². The molecule has 0 bridgehead atoms. The zero-order valence-electron chi connectivity index (χ0n) is 9.79. The summed E-state index contributed by atoms with van der Waals surface area (Å²) in [6.45, 7) is 1.79. The number of halogens is 1. The predicted molar refractivity (Wildman–Crippen MR) is 67.2 cm³/mol. The summed E-state index contributed by atoms with van der Waals surface area (Å²) in [5.41, 5.74) is 1.12. The van der Waals surface area contributed by atoms with Crippen LogP contribution in [-0.2, 0) is 6.42 Å². The molecule has 0 aliphatic rings. The van der Waals surface area contributed by atoms with Crippen molar-refractivity contribution in [1.82, 2.24) is 0 Å². The van der Waals surface area contributed by atoms with Crippen molar-refractivity contribution in [2.45, 2.75) is 25.9 Å². The van der Waals surface area contributed by atoms with Crippen LogP contribution < -0.4 is 9.47 Å². The van der Waals surface area contributed by atoms with Crippen molar-refractivity contribution in [3.63, 3.8) is 0 Å². The summed E-state index contributed by atoms with van der Waals surface area (Å²) in [4.78, 5) is 0. The molecule has 0 unspecified atom stereocenters. The summed E-state index contributed by atoms with van der Waals surface area (Å²) >= 11 is 3.44. The van der Waals surface area contributed by atoms with Crippen LogP contribution >= 0.6 is 15.9 Å². The van der Waals surface area contributed by atoms with Gasteiger partial charge < -0.3 is 14.6 Å². The second-order valence-electron chi connectivity index (χ2n) is 3.70. The number of aliphatic hydroxyl groups excluding tert-OH is 1. The lowest BCUT2D eigenvalue weighted by Crippen LogP contribution is -2.02. The largest absolute Gasteiger partial charge is 0.493 e. The minimum absolute atomic E-state index is 0.285. The molecule has 0 heterocycles. The zero-order chi connectivity index (χ0) is 12.1. The van der Waals surface area contributed by atoms with E-state index < -0.39 is 0 Å². The van der Waals surface area contributed by atoms with E-state index >= 15 is 0 Å². The van der Waals surface area contributed by atoms with Crippen molar-refractivity contribution in [1.29, 1.82) is 0 Å². The summed E-state index contributed by atoms with van der Waals surface area (Å²) in [6.07, 6.45) is 1.27. The Morgan fingerprint density at radius 2 is 2.00 bits per heavy atom. The highest BCUT2D eigenvalue weighted by molar-refractivity contribution is 9.10. The molecule has 1 N–H and O–H groups in total. The first-order valence-corrected chi connectivity index (χ1v) is 5.96. The van der Waals surface area contributed by atoms with Gasteiger partial charge in [-0.25, -0.2) is 0 Å². The smallest absolute Gasteiger partial charge is 0.174 e. The number of hydrogen-bond acceptors (Lipinski definition) is 3. The van der Waals surface area contributed by atoms with Gasteiger partial charge in [0.1, 0.15) is 0 Å². The van der Waals surface area contributed by atoms with Crippen LogP contribution in [-0.4, -0.2) is 25.4 Å². The number of methoxy groups -OCH3 is 2. The van der Waals surface area contributed by atoms with Gasteiger partial charge in [-0.05, 0) is 53.4 Å². The van der Waals surface area contributed by atoms with Gasteiger partial charge in [-0.1, -0.05) is 0 Å². The Kier molecular flexibility index (Phi) is 5.09. The first-order chi connectivity index (χ1) is 7.58. The normalized spacial score (nSPS) is 12.3. The number of ether oxygens (including phenoxy) is 2. The molecule has 16 heavy (non-hydrogen) atoms. The maximum Gasteiger partial charge on any atom is 0.174 e. The van der Waals surface area contributed by atoms with Crippen LogP contribution in [0.15, 0.2) is 16.6 Å². The fourth-order valence-electron chi connectivity index (χ4n) is 1.49. The van der Waals surface area contributed by atoms with Crippen LogP contribution in [0.5, 0.6) is 11.5 Å². The SMILES string of the molecule is COc1cc(CC[C@H](C)O)cc(Br)c1OC. The third kappa shape index (κ3) is 3.39. The molecule has 4 heteroatoms. The summed E-state index contributed by atoms with van der Waals surface area (Å²) in [7, 11) is 3.22. The summed E-state index contributed by atoms with van der Waals surface area (Å²) in [5.74, 6) is 1.40. The summed E-state index contributed by atoms with van der Waals surface area (Å²) in [6, 6.07) is 3.93. The summed E-state index contributed by atoms with van der Waals surface area (Å²) in [5, 5.41) is 9.24. The maximum atomic E-state index is 9.24. The molecule has 0 aromatic heterocycles.